The Balaban J connectivity index is 2.11. The average molecular weight is 322 g/mol. The van der Waals surface area contributed by atoms with Gasteiger partial charge >= 0.3 is 5.97 Å². The third-order valence-electron chi connectivity index (χ3n) is 3.54. The van der Waals surface area contributed by atoms with Gasteiger partial charge in [0, 0.05) is 11.8 Å². The highest BCUT2D eigenvalue weighted by Gasteiger charge is 2.19. The summed E-state index contributed by atoms with van der Waals surface area (Å²) < 4.78 is 1.58. The molecule has 24 heavy (non-hydrogen) atoms. The van der Waals surface area contributed by atoms with Crippen molar-refractivity contribution in [1.82, 2.24) is 9.38 Å². The molecule has 7 heteroatoms. The number of pyridine rings is 1. The Morgan fingerprint density at radius 2 is 1.96 bits per heavy atom. The summed E-state index contributed by atoms with van der Waals surface area (Å²) in [5.74, 6) is -1.12. The molecule has 3 aromatic rings. The molecule has 0 aliphatic rings. The molecule has 0 amide bonds. The number of aromatic nitrogens is 2. The maximum atomic E-state index is 11.4. The van der Waals surface area contributed by atoms with Gasteiger partial charge < -0.3 is 5.11 Å². The maximum Gasteiger partial charge on any atom is 0.358 e. The van der Waals surface area contributed by atoms with Crippen LogP contribution in [-0.2, 0) is 0 Å². The lowest BCUT2D eigenvalue weighted by Gasteiger charge is -1.99. The van der Waals surface area contributed by atoms with E-state index in [-0.39, 0.29) is 17.3 Å². The van der Waals surface area contributed by atoms with E-state index in [0.717, 1.165) is 5.56 Å². The van der Waals surface area contributed by atoms with Gasteiger partial charge in [0.05, 0.1) is 5.69 Å². The molecular formula is C17H14N4O3. The van der Waals surface area contributed by atoms with Crippen LogP contribution in [0.4, 0.5) is 11.5 Å². The van der Waals surface area contributed by atoms with E-state index in [0.29, 0.717) is 16.9 Å². The van der Waals surface area contributed by atoms with E-state index >= 15 is 0 Å². The number of carboxylic acids is 1. The Morgan fingerprint density at radius 3 is 2.67 bits per heavy atom. The summed E-state index contributed by atoms with van der Waals surface area (Å²) in [6.45, 7) is 3.30. The van der Waals surface area contributed by atoms with Crippen molar-refractivity contribution >= 4 is 28.9 Å². The summed E-state index contributed by atoms with van der Waals surface area (Å²) >= 11 is 0. The average Bonchev–Trinajstić information content (AvgIpc) is 2.93. The van der Waals surface area contributed by atoms with E-state index in [1.807, 2.05) is 13.0 Å². The minimum absolute atomic E-state index is 0.0799. The van der Waals surface area contributed by atoms with E-state index in [4.69, 9.17) is 0 Å². The molecule has 0 aliphatic carbocycles. The number of nitrogens with zero attached hydrogens (tertiary/aromatic N) is 4. The van der Waals surface area contributed by atoms with Crippen LogP contribution in [0.25, 0.3) is 5.65 Å². The van der Waals surface area contributed by atoms with E-state index in [1.165, 1.54) is 6.92 Å². The second-order valence-corrected chi connectivity index (χ2v) is 5.28. The van der Waals surface area contributed by atoms with Crippen molar-refractivity contribution in [2.45, 2.75) is 13.8 Å². The van der Waals surface area contributed by atoms with Gasteiger partial charge in [0.25, 0.3) is 0 Å². The number of carbonyl (C=O) groups is 2. The zero-order valence-electron chi connectivity index (χ0n) is 13.1. The molecule has 0 aliphatic heterocycles. The van der Waals surface area contributed by atoms with Crippen molar-refractivity contribution in [2.75, 3.05) is 0 Å². The van der Waals surface area contributed by atoms with Crippen molar-refractivity contribution in [1.29, 1.82) is 0 Å². The number of ketones is 1. The number of hydrogen-bond donors (Lipinski definition) is 1. The first-order valence-corrected chi connectivity index (χ1v) is 7.21. The Morgan fingerprint density at radius 1 is 1.17 bits per heavy atom. The number of rotatable bonds is 4. The summed E-state index contributed by atoms with van der Waals surface area (Å²) in [4.78, 5) is 27.0. The zero-order valence-corrected chi connectivity index (χ0v) is 13.1. The number of carbonyl (C=O) groups excluding carboxylic acids is 1. The first kappa shape index (κ1) is 15.5. The summed E-state index contributed by atoms with van der Waals surface area (Å²) in [6.07, 6.45) is 1.68. The van der Waals surface area contributed by atoms with E-state index in [1.54, 1.807) is 40.9 Å². The van der Waals surface area contributed by atoms with Crippen molar-refractivity contribution in [3.63, 3.8) is 0 Å². The van der Waals surface area contributed by atoms with Gasteiger partial charge in [0.15, 0.2) is 17.3 Å². The molecular weight excluding hydrogens is 308 g/mol. The van der Waals surface area contributed by atoms with Gasteiger partial charge in [0.1, 0.15) is 5.65 Å². The fourth-order valence-electron chi connectivity index (χ4n) is 2.32. The molecule has 1 aromatic carbocycles. The molecule has 7 nitrogen and oxygen atoms in total. The number of aryl methyl sites for hydroxylation is 1. The highest BCUT2D eigenvalue weighted by Crippen LogP contribution is 2.26. The van der Waals surface area contributed by atoms with Crippen LogP contribution in [0, 0.1) is 6.92 Å². The van der Waals surface area contributed by atoms with Crippen LogP contribution in [0.5, 0.6) is 0 Å². The Labute approximate surface area is 137 Å². The molecule has 0 bridgehead atoms. The SMILES string of the molecule is CC(=O)c1cccc(N=Nc2c(C(=O)O)nc3c(C)cccn23)c1. The van der Waals surface area contributed by atoms with Crippen LogP contribution in [0.15, 0.2) is 52.8 Å². The smallest absolute Gasteiger partial charge is 0.358 e. The quantitative estimate of drug-likeness (QED) is 0.581. The highest BCUT2D eigenvalue weighted by molar-refractivity contribution is 5.94. The Hall–Kier alpha value is -3.35. The van der Waals surface area contributed by atoms with Crippen molar-refractivity contribution in [2.24, 2.45) is 10.2 Å². The van der Waals surface area contributed by atoms with Gasteiger partial charge in [-0.3, -0.25) is 9.20 Å². The summed E-state index contributed by atoms with van der Waals surface area (Å²) in [7, 11) is 0. The number of hydrogen-bond acceptors (Lipinski definition) is 5. The second-order valence-electron chi connectivity index (χ2n) is 5.28. The predicted molar refractivity (Wildman–Crippen MR) is 87.5 cm³/mol. The van der Waals surface area contributed by atoms with E-state index in [2.05, 4.69) is 15.2 Å². The van der Waals surface area contributed by atoms with E-state index < -0.39 is 5.97 Å². The third kappa shape index (κ3) is 2.79. The van der Waals surface area contributed by atoms with Gasteiger partial charge in [-0.05, 0) is 37.6 Å². The topological polar surface area (TPSA) is 96.4 Å². The molecule has 0 saturated carbocycles. The van der Waals surface area contributed by atoms with Crippen LogP contribution in [-0.4, -0.2) is 26.2 Å². The third-order valence-corrected chi connectivity index (χ3v) is 3.54. The fraction of sp³-hybridized carbons (Fsp3) is 0.118. The van der Waals surface area contributed by atoms with Crippen molar-refractivity contribution in [3.05, 3.63) is 59.4 Å². The molecule has 2 aromatic heterocycles. The van der Waals surface area contributed by atoms with Crippen LogP contribution in [0.1, 0.15) is 33.3 Å². The maximum absolute atomic E-state index is 11.4. The molecule has 0 unspecified atom stereocenters. The molecule has 0 atom stereocenters. The Kier molecular flexibility index (Phi) is 3.91. The lowest BCUT2D eigenvalue weighted by molar-refractivity contribution is 0.0692. The fourth-order valence-corrected chi connectivity index (χ4v) is 2.32. The standard InChI is InChI=1S/C17H14N4O3/c1-10-5-4-8-21-15(10)18-14(17(23)24)16(21)20-19-13-7-3-6-12(9-13)11(2)22/h3-9H,1-2H3,(H,23,24). The first-order chi connectivity index (χ1) is 11.5. The van der Waals surface area contributed by atoms with Gasteiger partial charge in [-0.2, -0.15) is 0 Å². The largest absolute Gasteiger partial charge is 0.476 e. The van der Waals surface area contributed by atoms with Crippen LogP contribution < -0.4 is 0 Å². The van der Waals surface area contributed by atoms with Gasteiger partial charge in [0.2, 0.25) is 0 Å². The number of imidazole rings is 1. The van der Waals surface area contributed by atoms with Gasteiger partial charge in [-0.25, -0.2) is 9.78 Å². The molecule has 0 fully saturated rings. The molecule has 3 rings (SSSR count). The monoisotopic (exact) mass is 322 g/mol. The number of carboxylic acid groups (broad SMARTS) is 1. The second kappa shape index (κ2) is 6.04. The normalized spacial score (nSPS) is 11.2. The highest BCUT2D eigenvalue weighted by atomic mass is 16.4. The first-order valence-electron chi connectivity index (χ1n) is 7.21. The predicted octanol–water partition coefficient (Wildman–Crippen LogP) is 3.96. The molecule has 0 radical (unpaired) electrons. The lowest BCUT2D eigenvalue weighted by atomic mass is 10.1. The minimum atomic E-state index is -1.18. The summed E-state index contributed by atoms with van der Waals surface area (Å²) in [5.41, 5.74) is 2.15. The minimum Gasteiger partial charge on any atom is -0.476 e. The van der Waals surface area contributed by atoms with Crippen LogP contribution in [0.3, 0.4) is 0 Å². The van der Waals surface area contributed by atoms with Crippen LogP contribution >= 0.6 is 0 Å². The van der Waals surface area contributed by atoms with Crippen molar-refractivity contribution < 1.29 is 14.7 Å². The number of aromatic carboxylic acids is 1. The van der Waals surface area contributed by atoms with E-state index in [9.17, 15) is 14.7 Å². The zero-order chi connectivity index (χ0) is 17.3. The molecule has 120 valence electrons. The number of Topliss-reactive ketones (excluding diaryl/α,β-unsaturated/α-hetero) is 1. The molecule has 1 N–H and O–H groups in total. The summed E-state index contributed by atoms with van der Waals surface area (Å²) in [5, 5.41) is 17.5. The number of benzene rings is 1. The molecule has 2 heterocycles. The molecule has 0 saturated heterocycles. The molecule has 0 spiro atoms. The lowest BCUT2D eigenvalue weighted by Crippen LogP contribution is -1.96. The van der Waals surface area contributed by atoms with Crippen molar-refractivity contribution in [3.8, 4) is 0 Å². The number of azo groups is 1. The Bertz CT molecular complexity index is 989. The summed E-state index contributed by atoms with van der Waals surface area (Å²) in [6, 6.07) is 10.3. The van der Waals surface area contributed by atoms with Gasteiger partial charge in [-0.15, -0.1) is 10.2 Å². The van der Waals surface area contributed by atoms with Gasteiger partial charge in [-0.1, -0.05) is 18.2 Å². The number of fused-ring (bicyclic) bond motifs is 1. The van der Waals surface area contributed by atoms with Crippen LogP contribution in [0.2, 0.25) is 0 Å².